The fourth-order valence-electron chi connectivity index (χ4n) is 1.22. The molecule has 3 nitrogen and oxygen atoms in total. The standard InChI is InChI=1S/C10H15N3.ClH/c1-2-3-4-5-6-7-9-8-12-10(11)13-9;/h1,8H,3-7H2,(H3,11,12,13);1H. The van der Waals surface area contributed by atoms with E-state index in [0.29, 0.717) is 5.95 Å². The number of nitrogens with two attached hydrogens (primary N) is 1. The number of hydrogen-bond donors (Lipinski definition) is 2. The third-order valence-corrected chi connectivity index (χ3v) is 1.92. The Hall–Kier alpha value is -1.14. The molecule has 0 radical (unpaired) electrons. The van der Waals surface area contributed by atoms with Crippen molar-refractivity contribution < 1.29 is 0 Å². The van der Waals surface area contributed by atoms with E-state index in [1.807, 2.05) is 0 Å². The average molecular weight is 214 g/mol. The second-order valence-corrected chi connectivity index (χ2v) is 3.06. The van der Waals surface area contributed by atoms with E-state index in [4.69, 9.17) is 12.2 Å². The van der Waals surface area contributed by atoms with Gasteiger partial charge in [-0.05, 0) is 19.3 Å². The molecule has 0 aromatic carbocycles. The van der Waals surface area contributed by atoms with E-state index in [-0.39, 0.29) is 12.4 Å². The third-order valence-electron chi connectivity index (χ3n) is 1.92. The minimum Gasteiger partial charge on any atom is -0.369 e. The minimum absolute atomic E-state index is 0. The second-order valence-electron chi connectivity index (χ2n) is 3.06. The van der Waals surface area contributed by atoms with Crippen molar-refractivity contribution >= 4 is 18.4 Å². The van der Waals surface area contributed by atoms with Crippen molar-refractivity contribution in [3.05, 3.63) is 11.9 Å². The number of terminal acetylenes is 1. The third kappa shape index (κ3) is 4.78. The first-order valence-electron chi connectivity index (χ1n) is 4.55. The van der Waals surface area contributed by atoms with Crippen LogP contribution in [0.15, 0.2) is 6.20 Å². The summed E-state index contributed by atoms with van der Waals surface area (Å²) in [6, 6.07) is 0. The highest BCUT2D eigenvalue weighted by atomic mass is 35.5. The molecule has 0 atom stereocenters. The number of nitrogens with zero attached hydrogens (tertiary/aromatic N) is 1. The molecule has 0 aliphatic rings. The number of aromatic amines is 1. The summed E-state index contributed by atoms with van der Waals surface area (Å²) in [6.07, 6.45) is 12.2. The van der Waals surface area contributed by atoms with Crippen LogP contribution >= 0.6 is 12.4 Å². The van der Waals surface area contributed by atoms with Crippen LogP contribution in [-0.2, 0) is 6.42 Å². The van der Waals surface area contributed by atoms with Gasteiger partial charge in [-0.2, -0.15) is 0 Å². The summed E-state index contributed by atoms with van der Waals surface area (Å²) >= 11 is 0. The largest absolute Gasteiger partial charge is 0.369 e. The van der Waals surface area contributed by atoms with Crippen molar-refractivity contribution in [2.24, 2.45) is 0 Å². The lowest BCUT2D eigenvalue weighted by atomic mass is 10.1. The Balaban J connectivity index is 0.00000169. The van der Waals surface area contributed by atoms with Gasteiger partial charge in [0.25, 0.3) is 0 Å². The van der Waals surface area contributed by atoms with E-state index in [9.17, 15) is 0 Å². The van der Waals surface area contributed by atoms with E-state index < -0.39 is 0 Å². The molecule has 0 aliphatic carbocycles. The van der Waals surface area contributed by atoms with Crippen molar-refractivity contribution in [1.29, 1.82) is 0 Å². The summed E-state index contributed by atoms with van der Waals surface area (Å²) in [5.74, 6) is 3.13. The van der Waals surface area contributed by atoms with E-state index in [1.165, 1.54) is 6.42 Å². The van der Waals surface area contributed by atoms with E-state index in [2.05, 4.69) is 15.9 Å². The first kappa shape index (κ1) is 12.9. The number of aryl methyl sites for hydroxylation is 1. The molecule has 78 valence electrons. The second kappa shape index (κ2) is 7.28. The number of imidazole rings is 1. The number of rotatable bonds is 5. The number of nitrogens with one attached hydrogen (secondary N) is 1. The predicted octanol–water partition coefficient (Wildman–Crippen LogP) is 2.15. The monoisotopic (exact) mass is 213 g/mol. The Morgan fingerprint density at radius 1 is 1.43 bits per heavy atom. The molecule has 0 amide bonds. The van der Waals surface area contributed by atoms with Crippen LogP contribution in [0, 0.1) is 12.3 Å². The number of halogens is 1. The molecule has 0 saturated carbocycles. The number of H-pyrrole nitrogens is 1. The molecule has 0 unspecified atom stereocenters. The first-order valence-corrected chi connectivity index (χ1v) is 4.55. The maximum atomic E-state index is 5.44. The maximum absolute atomic E-state index is 5.44. The normalized spacial score (nSPS) is 9.07. The molecule has 4 heteroatoms. The van der Waals surface area contributed by atoms with Crippen molar-refractivity contribution in [2.75, 3.05) is 5.73 Å². The zero-order valence-electron chi connectivity index (χ0n) is 8.12. The van der Waals surface area contributed by atoms with Crippen molar-refractivity contribution in [3.8, 4) is 12.3 Å². The summed E-state index contributed by atoms with van der Waals surface area (Å²) in [5.41, 5.74) is 6.55. The van der Waals surface area contributed by atoms with Crippen LogP contribution in [0.5, 0.6) is 0 Å². The quantitative estimate of drug-likeness (QED) is 0.582. The van der Waals surface area contributed by atoms with Gasteiger partial charge in [0, 0.05) is 12.1 Å². The highest BCUT2D eigenvalue weighted by Gasteiger charge is 1.96. The van der Waals surface area contributed by atoms with E-state index >= 15 is 0 Å². The Morgan fingerprint density at radius 2 is 2.21 bits per heavy atom. The number of nitrogen functional groups attached to an aromatic ring is 1. The molecule has 0 saturated heterocycles. The van der Waals surface area contributed by atoms with Gasteiger partial charge in [-0.25, -0.2) is 4.98 Å². The Labute approximate surface area is 90.9 Å². The van der Waals surface area contributed by atoms with E-state index in [0.717, 1.165) is 31.4 Å². The van der Waals surface area contributed by atoms with Crippen LogP contribution in [0.2, 0.25) is 0 Å². The Bertz CT molecular complexity index is 288. The average Bonchev–Trinajstić information content (AvgIpc) is 2.51. The zero-order valence-corrected chi connectivity index (χ0v) is 8.94. The lowest BCUT2D eigenvalue weighted by Crippen LogP contribution is -1.88. The molecule has 1 heterocycles. The zero-order chi connectivity index (χ0) is 9.52. The molecule has 1 aromatic heterocycles. The number of hydrogen-bond acceptors (Lipinski definition) is 2. The smallest absolute Gasteiger partial charge is 0.197 e. The van der Waals surface area contributed by atoms with Crippen LogP contribution in [-0.4, -0.2) is 9.97 Å². The van der Waals surface area contributed by atoms with Crippen LogP contribution in [0.1, 0.15) is 31.4 Å². The summed E-state index contributed by atoms with van der Waals surface area (Å²) < 4.78 is 0. The maximum Gasteiger partial charge on any atom is 0.197 e. The van der Waals surface area contributed by atoms with E-state index in [1.54, 1.807) is 6.20 Å². The molecule has 0 fully saturated rings. The molecule has 0 bridgehead atoms. The van der Waals surface area contributed by atoms with Crippen LogP contribution in [0.3, 0.4) is 0 Å². The van der Waals surface area contributed by atoms with Crippen molar-refractivity contribution in [1.82, 2.24) is 9.97 Å². The molecule has 1 rings (SSSR count). The van der Waals surface area contributed by atoms with Gasteiger partial charge in [0.15, 0.2) is 5.95 Å². The number of anilines is 1. The van der Waals surface area contributed by atoms with Crippen LogP contribution in [0.4, 0.5) is 5.95 Å². The highest BCUT2D eigenvalue weighted by Crippen LogP contribution is 2.06. The molecular weight excluding hydrogens is 198 g/mol. The molecule has 0 spiro atoms. The fourth-order valence-corrected chi connectivity index (χ4v) is 1.22. The summed E-state index contributed by atoms with van der Waals surface area (Å²) in [7, 11) is 0. The first-order chi connectivity index (χ1) is 6.33. The van der Waals surface area contributed by atoms with Crippen LogP contribution < -0.4 is 5.73 Å². The topological polar surface area (TPSA) is 54.7 Å². The van der Waals surface area contributed by atoms with Gasteiger partial charge < -0.3 is 10.7 Å². The Morgan fingerprint density at radius 3 is 2.79 bits per heavy atom. The van der Waals surface area contributed by atoms with Gasteiger partial charge in [-0.1, -0.05) is 6.42 Å². The van der Waals surface area contributed by atoms with Crippen molar-refractivity contribution in [2.45, 2.75) is 32.1 Å². The molecule has 14 heavy (non-hydrogen) atoms. The minimum atomic E-state index is 0. The van der Waals surface area contributed by atoms with Crippen molar-refractivity contribution in [3.63, 3.8) is 0 Å². The Kier molecular flexibility index (Phi) is 6.69. The highest BCUT2D eigenvalue weighted by molar-refractivity contribution is 5.85. The summed E-state index contributed by atoms with van der Waals surface area (Å²) in [5, 5.41) is 0. The molecule has 0 aliphatic heterocycles. The van der Waals surface area contributed by atoms with Crippen LogP contribution in [0.25, 0.3) is 0 Å². The summed E-state index contributed by atoms with van der Waals surface area (Å²) in [6.45, 7) is 0. The van der Waals surface area contributed by atoms with Gasteiger partial charge in [0.2, 0.25) is 0 Å². The fraction of sp³-hybridized carbons (Fsp3) is 0.500. The lowest BCUT2D eigenvalue weighted by molar-refractivity contribution is 0.686. The number of unbranched alkanes of at least 4 members (excludes halogenated alkanes) is 3. The SMILES string of the molecule is C#CCCCCCc1cnc(N)[nH]1.Cl. The van der Waals surface area contributed by atoms with Gasteiger partial charge in [-0.15, -0.1) is 24.8 Å². The molecular formula is C10H16ClN3. The predicted molar refractivity (Wildman–Crippen MR) is 61.3 cm³/mol. The van der Waals surface area contributed by atoms with Gasteiger partial charge in [-0.3, -0.25) is 0 Å². The summed E-state index contributed by atoms with van der Waals surface area (Å²) in [4.78, 5) is 6.91. The van der Waals surface area contributed by atoms with Gasteiger partial charge >= 0.3 is 0 Å². The molecule has 1 aromatic rings. The molecule has 3 N–H and O–H groups in total. The van der Waals surface area contributed by atoms with Gasteiger partial charge in [0.1, 0.15) is 0 Å². The van der Waals surface area contributed by atoms with Gasteiger partial charge in [0.05, 0.1) is 6.20 Å². The number of aromatic nitrogens is 2. The lowest BCUT2D eigenvalue weighted by Gasteiger charge is -1.96.